The highest BCUT2D eigenvalue weighted by Gasteiger charge is 2.06. The van der Waals surface area contributed by atoms with Crippen molar-refractivity contribution in [2.24, 2.45) is 4.99 Å². The smallest absolute Gasteiger partial charge is 0.141 e. The fourth-order valence-electron chi connectivity index (χ4n) is 1.10. The van der Waals surface area contributed by atoms with E-state index in [0.717, 1.165) is 0 Å². The minimum atomic E-state index is 0.231. The van der Waals surface area contributed by atoms with Crippen molar-refractivity contribution in [1.82, 2.24) is 5.43 Å². The van der Waals surface area contributed by atoms with E-state index in [-0.39, 0.29) is 5.75 Å². The number of hydrogen-bond acceptors (Lipinski definition) is 4. The summed E-state index contributed by atoms with van der Waals surface area (Å²) in [6.45, 7) is 0. The Kier molecular flexibility index (Phi) is 1.88. The van der Waals surface area contributed by atoms with Crippen LogP contribution in [-0.2, 0) is 0 Å². The first-order valence-corrected chi connectivity index (χ1v) is 3.89. The minimum absolute atomic E-state index is 0.231. The number of nitrogens with one attached hydrogen (secondary N) is 1. The second-order valence-electron chi connectivity index (χ2n) is 2.56. The van der Waals surface area contributed by atoms with E-state index in [1.54, 1.807) is 35.9 Å². The Morgan fingerprint density at radius 1 is 1.31 bits per heavy atom. The Morgan fingerprint density at radius 3 is 2.85 bits per heavy atom. The van der Waals surface area contributed by atoms with Crippen molar-refractivity contribution in [3.63, 3.8) is 0 Å². The van der Waals surface area contributed by atoms with Gasteiger partial charge in [0.1, 0.15) is 17.8 Å². The molecule has 0 saturated heterocycles. The highest BCUT2D eigenvalue weighted by molar-refractivity contribution is 5.67. The van der Waals surface area contributed by atoms with Crippen molar-refractivity contribution >= 4 is 12.0 Å². The molecule has 2 rings (SSSR count). The maximum Gasteiger partial charge on any atom is 0.141 e. The Balaban J connectivity index is 2.30. The summed E-state index contributed by atoms with van der Waals surface area (Å²) in [5.41, 5.74) is 3.57. The summed E-state index contributed by atoms with van der Waals surface area (Å²) in [5.74, 6) is 0.231. The normalized spacial score (nSPS) is 14.3. The van der Waals surface area contributed by atoms with E-state index >= 15 is 0 Å². The molecular formula is C9H9N3O. The van der Waals surface area contributed by atoms with Gasteiger partial charge in [-0.1, -0.05) is 12.1 Å². The van der Waals surface area contributed by atoms with Crippen molar-refractivity contribution in [3.8, 4) is 5.75 Å². The largest absolute Gasteiger partial charge is 0.506 e. The van der Waals surface area contributed by atoms with E-state index in [9.17, 15) is 5.11 Å². The number of phenolic OH excluding ortho intramolecular Hbond substituents is 1. The molecule has 4 nitrogen and oxygen atoms in total. The van der Waals surface area contributed by atoms with Crippen LogP contribution in [0.5, 0.6) is 5.75 Å². The molecule has 13 heavy (non-hydrogen) atoms. The van der Waals surface area contributed by atoms with Crippen LogP contribution in [0.1, 0.15) is 0 Å². The zero-order chi connectivity index (χ0) is 9.10. The van der Waals surface area contributed by atoms with Gasteiger partial charge in [-0.3, -0.25) is 10.4 Å². The lowest BCUT2D eigenvalue weighted by molar-refractivity contribution is 0.475. The highest BCUT2D eigenvalue weighted by Crippen LogP contribution is 2.25. The Morgan fingerprint density at radius 2 is 2.15 bits per heavy atom. The number of para-hydroxylation sites is 2. The molecule has 0 saturated carbocycles. The second-order valence-corrected chi connectivity index (χ2v) is 2.56. The maximum absolute atomic E-state index is 9.50. The molecule has 1 heterocycles. The third kappa shape index (κ3) is 1.46. The van der Waals surface area contributed by atoms with Crippen LogP contribution in [0.2, 0.25) is 0 Å². The van der Waals surface area contributed by atoms with E-state index in [0.29, 0.717) is 5.69 Å². The standard InChI is InChI=1S/C9H9N3O/c13-9-4-2-1-3-8(9)12-6-5-10-7-11-12/h1-7,13H,(H,10,11). The highest BCUT2D eigenvalue weighted by atomic mass is 16.3. The molecule has 0 spiro atoms. The van der Waals surface area contributed by atoms with E-state index in [1.165, 1.54) is 0 Å². The molecule has 0 aromatic heterocycles. The van der Waals surface area contributed by atoms with Gasteiger partial charge in [-0.15, -0.1) is 0 Å². The van der Waals surface area contributed by atoms with Gasteiger partial charge in [0.2, 0.25) is 0 Å². The van der Waals surface area contributed by atoms with Crippen LogP contribution < -0.4 is 10.4 Å². The molecule has 0 amide bonds. The lowest BCUT2D eigenvalue weighted by atomic mass is 10.3. The molecular weight excluding hydrogens is 166 g/mol. The molecule has 0 atom stereocenters. The van der Waals surface area contributed by atoms with Crippen LogP contribution in [0.3, 0.4) is 0 Å². The molecule has 1 aromatic rings. The van der Waals surface area contributed by atoms with Crippen LogP contribution in [0.4, 0.5) is 5.69 Å². The summed E-state index contributed by atoms with van der Waals surface area (Å²) in [5, 5.41) is 11.2. The van der Waals surface area contributed by atoms with Crippen LogP contribution in [-0.4, -0.2) is 11.4 Å². The number of anilines is 1. The molecule has 0 radical (unpaired) electrons. The Hall–Kier alpha value is -1.97. The Bertz CT molecular complexity index is 360. The minimum Gasteiger partial charge on any atom is -0.506 e. The molecule has 2 N–H and O–H groups in total. The molecule has 1 aliphatic heterocycles. The van der Waals surface area contributed by atoms with Gasteiger partial charge < -0.3 is 5.11 Å². The van der Waals surface area contributed by atoms with Gasteiger partial charge in [-0.2, -0.15) is 0 Å². The monoisotopic (exact) mass is 175 g/mol. The van der Waals surface area contributed by atoms with Gasteiger partial charge in [0.25, 0.3) is 0 Å². The van der Waals surface area contributed by atoms with Crippen molar-refractivity contribution < 1.29 is 5.11 Å². The summed E-state index contributed by atoms with van der Waals surface area (Å²) in [6, 6.07) is 7.08. The second kappa shape index (κ2) is 3.18. The van der Waals surface area contributed by atoms with E-state index in [2.05, 4.69) is 10.4 Å². The van der Waals surface area contributed by atoms with Crippen LogP contribution in [0.15, 0.2) is 41.7 Å². The number of aliphatic imine (C=N–C) groups is 1. The number of benzene rings is 1. The zero-order valence-electron chi connectivity index (χ0n) is 6.88. The number of hydrazine groups is 1. The molecule has 0 unspecified atom stereocenters. The molecule has 4 heteroatoms. The van der Waals surface area contributed by atoms with E-state index in [4.69, 9.17) is 0 Å². The van der Waals surface area contributed by atoms with Crippen molar-refractivity contribution in [3.05, 3.63) is 36.7 Å². The van der Waals surface area contributed by atoms with Crippen molar-refractivity contribution in [2.45, 2.75) is 0 Å². The van der Waals surface area contributed by atoms with Gasteiger partial charge in [-0.05, 0) is 12.1 Å². The summed E-state index contributed by atoms with van der Waals surface area (Å²) in [6.07, 6.45) is 4.92. The Labute approximate surface area is 75.8 Å². The number of aromatic hydroxyl groups is 1. The van der Waals surface area contributed by atoms with Crippen molar-refractivity contribution in [1.29, 1.82) is 0 Å². The maximum atomic E-state index is 9.50. The SMILES string of the molecule is Oc1ccccc1N1C=CN=CN1. The first kappa shape index (κ1) is 7.67. The van der Waals surface area contributed by atoms with Crippen LogP contribution in [0.25, 0.3) is 0 Å². The van der Waals surface area contributed by atoms with E-state index < -0.39 is 0 Å². The molecule has 0 bridgehead atoms. The summed E-state index contributed by atoms with van der Waals surface area (Å²) in [7, 11) is 0. The van der Waals surface area contributed by atoms with Gasteiger partial charge in [0, 0.05) is 12.4 Å². The average Bonchev–Trinajstić information content (AvgIpc) is 2.20. The van der Waals surface area contributed by atoms with Crippen LogP contribution >= 0.6 is 0 Å². The number of hydrogen-bond donors (Lipinski definition) is 2. The number of nitrogens with zero attached hydrogens (tertiary/aromatic N) is 2. The third-order valence-corrected chi connectivity index (χ3v) is 1.71. The topological polar surface area (TPSA) is 47.9 Å². The summed E-state index contributed by atoms with van der Waals surface area (Å²) < 4.78 is 0. The lowest BCUT2D eigenvalue weighted by Crippen LogP contribution is -2.33. The number of phenols is 1. The average molecular weight is 175 g/mol. The first-order chi connectivity index (χ1) is 6.38. The van der Waals surface area contributed by atoms with Crippen molar-refractivity contribution in [2.75, 3.05) is 5.01 Å². The predicted molar refractivity (Wildman–Crippen MR) is 51.4 cm³/mol. The fourth-order valence-corrected chi connectivity index (χ4v) is 1.10. The van der Waals surface area contributed by atoms with E-state index in [1.807, 2.05) is 12.1 Å². The van der Waals surface area contributed by atoms with Crippen LogP contribution in [0, 0.1) is 0 Å². The molecule has 66 valence electrons. The zero-order valence-corrected chi connectivity index (χ0v) is 6.88. The molecule has 0 fully saturated rings. The van der Waals surface area contributed by atoms with Gasteiger partial charge in [0.05, 0.1) is 0 Å². The summed E-state index contributed by atoms with van der Waals surface area (Å²) >= 11 is 0. The van der Waals surface area contributed by atoms with Gasteiger partial charge in [0.15, 0.2) is 0 Å². The van der Waals surface area contributed by atoms with Gasteiger partial charge in [-0.25, -0.2) is 4.99 Å². The molecule has 1 aromatic carbocycles. The summed E-state index contributed by atoms with van der Waals surface area (Å²) in [4.78, 5) is 3.84. The van der Waals surface area contributed by atoms with Gasteiger partial charge >= 0.3 is 0 Å². The quantitative estimate of drug-likeness (QED) is 0.674. The predicted octanol–water partition coefficient (Wildman–Crippen LogP) is 1.22. The third-order valence-electron chi connectivity index (χ3n) is 1.71. The fraction of sp³-hybridized carbons (Fsp3) is 0. The first-order valence-electron chi connectivity index (χ1n) is 3.89. The molecule has 0 aliphatic carbocycles. The molecule has 1 aliphatic rings. The number of rotatable bonds is 1. The lowest BCUT2D eigenvalue weighted by Gasteiger charge is -2.21.